The van der Waals surface area contributed by atoms with Crippen LogP contribution in [0.1, 0.15) is 29.3 Å². The van der Waals surface area contributed by atoms with Crippen molar-refractivity contribution in [2.45, 2.75) is 24.0 Å². The normalized spacial score (nSPS) is 11.1. The molecule has 1 aromatic heterocycles. The molecule has 8 heteroatoms. The van der Waals surface area contributed by atoms with Crippen LogP contribution in [-0.2, 0) is 21.1 Å². The van der Waals surface area contributed by atoms with E-state index in [1.54, 1.807) is 35.7 Å². The van der Waals surface area contributed by atoms with E-state index in [0.29, 0.717) is 11.3 Å². The lowest BCUT2D eigenvalue weighted by molar-refractivity contribution is -0.115. The van der Waals surface area contributed by atoms with E-state index in [0.717, 1.165) is 29.0 Å². The molecule has 0 bridgehead atoms. The second-order valence-electron chi connectivity index (χ2n) is 6.59. The number of para-hydroxylation sites is 1. The topological polar surface area (TPSA) is 92.3 Å². The Kier molecular flexibility index (Phi) is 7.02. The molecule has 2 amide bonds. The molecule has 0 fully saturated rings. The van der Waals surface area contributed by atoms with Gasteiger partial charge in [-0.2, -0.15) is 0 Å². The molecule has 0 unspecified atom stereocenters. The number of carbonyl (C=O) groups excluding carboxylic acids is 2. The van der Waals surface area contributed by atoms with Gasteiger partial charge in [0.15, 0.2) is 9.84 Å². The van der Waals surface area contributed by atoms with Gasteiger partial charge in [0.05, 0.1) is 5.75 Å². The van der Waals surface area contributed by atoms with Gasteiger partial charge in [-0.3, -0.25) is 9.59 Å². The lowest BCUT2D eigenvalue weighted by Crippen LogP contribution is -2.17. The summed E-state index contributed by atoms with van der Waals surface area (Å²) in [7, 11) is -3.45. The second kappa shape index (κ2) is 9.69. The van der Waals surface area contributed by atoms with Gasteiger partial charge in [-0.05, 0) is 53.8 Å². The Bertz CT molecular complexity index is 1120. The summed E-state index contributed by atoms with van der Waals surface area (Å²) in [6, 6.07) is 17.3. The SMILES string of the molecule is CCc1ccccc1NC(=O)c1ccc(NC(=O)CCS(=O)(=O)c2cccs2)cc1. The minimum Gasteiger partial charge on any atom is -0.326 e. The third kappa shape index (κ3) is 5.55. The lowest BCUT2D eigenvalue weighted by Gasteiger charge is -2.10. The van der Waals surface area contributed by atoms with Gasteiger partial charge in [0.1, 0.15) is 4.21 Å². The molecule has 0 spiro atoms. The van der Waals surface area contributed by atoms with Crippen molar-refractivity contribution in [1.82, 2.24) is 0 Å². The summed E-state index contributed by atoms with van der Waals surface area (Å²) in [5.41, 5.74) is 2.78. The fourth-order valence-corrected chi connectivity index (χ4v) is 5.23. The molecule has 0 radical (unpaired) electrons. The Morgan fingerprint density at radius 1 is 0.933 bits per heavy atom. The van der Waals surface area contributed by atoms with Crippen molar-refractivity contribution in [1.29, 1.82) is 0 Å². The molecule has 2 N–H and O–H groups in total. The molecule has 2 aromatic carbocycles. The van der Waals surface area contributed by atoms with Crippen molar-refractivity contribution in [2.75, 3.05) is 16.4 Å². The molecule has 1 heterocycles. The van der Waals surface area contributed by atoms with E-state index in [9.17, 15) is 18.0 Å². The molecule has 156 valence electrons. The van der Waals surface area contributed by atoms with Gasteiger partial charge in [0.2, 0.25) is 5.91 Å². The maximum absolute atomic E-state index is 12.5. The first-order valence-corrected chi connectivity index (χ1v) is 12.0. The number of aryl methyl sites for hydroxylation is 1. The van der Waals surface area contributed by atoms with Crippen LogP contribution < -0.4 is 10.6 Å². The van der Waals surface area contributed by atoms with Crippen molar-refractivity contribution in [2.24, 2.45) is 0 Å². The number of hydrogen-bond acceptors (Lipinski definition) is 5. The molecule has 6 nitrogen and oxygen atoms in total. The summed E-state index contributed by atoms with van der Waals surface area (Å²) < 4.78 is 24.6. The van der Waals surface area contributed by atoms with Gasteiger partial charge < -0.3 is 10.6 Å². The van der Waals surface area contributed by atoms with Gasteiger partial charge in [-0.1, -0.05) is 31.2 Å². The monoisotopic (exact) mass is 442 g/mol. The Morgan fingerprint density at radius 2 is 1.67 bits per heavy atom. The maximum atomic E-state index is 12.5. The van der Waals surface area contributed by atoms with Crippen LogP contribution in [0.2, 0.25) is 0 Å². The Labute approximate surface area is 179 Å². The van der Waals surface area contributed by atoms with E-state index < -0.39 is 15.7 Å². The van der Waals surface area contributed by atoms with E-state index in [1.165, 1.54) is 6.07 Å². The maximum Gasteiger partial charge on any atom is 0.255 e. The molecule has 0 saturated carbocycles. The number of benzene rings is 2. The van der Waals surface area contributed by atoms with E-state index in [1.807, 2.05) is 31.2 Å². The van der Waals surface area contributed by atoms with E-state index in [4.69, 9.17) is 0 Å². The third-order valence-corrected chi connectivity index (χ3v) is 7.68. The third-order valence-electron chi connectivity index (χ3n) is 4.48. The van der Waals surface area contributed by atoms with Gasteiger partial charge >= 0.3 is 0 Å². The molecule has 3 rings (SSSR count). The highest BCUT2D eigenvalue weighted by atomic mass is 32.2. The number of anilines is 2. The van der Waals surface area contributed by atoms with Gasteiger partial charge in [0, 0.05) is 23.4 Å². The van der Waals surface area contributed by atoms with Crippen LogP contribution in [-0.4, -0.2) is 26.0 Å². The highest BCUT2D eigenvalue weighted by molar-refractivity contribution is 7.93. The number of rotatable bonds is 8. The average Bonchev–Trinajstić information content (AvgIpc) is 3.29. The number of amides is 2. The van der Waals surface area contributed by atoms with Crippen LogP contribution >= 0.6 is 11.3 Å². The lowest BCUT2D eigenvalue weighted by atomic mass is 10.1. The second-order valence-corrected chi connectivity index (χ2v) is 9.87. The van der Waals surface area contributed by atoms with Gasteiger partial charge in [-0.25, -0.2) is 8.42 Å². The predicted molar refractivity (Wildman–Crippen MR) is 120 cm³/mol. The van der Waals surface area contributed by atoms with Gasteiger partial charge in [0.25, 0.3) is 5.91 Å². The summed E-state index contributed by atoms with van der Waals surface area (Å²) in [5, 5.41) is 7.24. The fraction of sp³-hybridized carbons (Fsp3) is 0.182. The largest absolute Gasteiger partial charge is 0.326 e. The minimum absolute atomic E-state index is 0.143. The summed E-state index contributed by atoms with van der Waals surface area (Å²) in [4.78, 5) is 24.6. The molecule has 0 saturated heterocycles. The Hall–Kier alpha value is -2.97. The number of hydrogen-bond donors (Lipinski definition) is 2. The number of nitrogens with one attached hydrogen (secondary N) is 2. The van der Waals surface area contributed by atoms with Crippen molar-refractivity contribution in [3.05, 3.63) is 77.2 Å². The molecule has 0 aliphatic rings. The molecular formula is C22H22N2O4S2. The standard InChI is InChI=1S/C22H22N2O4S2/c1-2-16-6-3-4-7-19(16)24-22(26)17-9-11-18(12-10-17)23-20(25)13-15-30(27,28)21-8-5-14-29-21/h3-12,14H,2,13,15H2,1H3,(H,23,25)(H,24,26). The average molecular weight is 443 g/mol. The molecule has 3 aromatic rings. The van der Waals surface area contributed by atoms with Crippen molar-refractivity contribution in [3.63, 3.8) is 0 Å². The summed E-state index contributed by atoms with van der Waals surface area (Å²) >= 11 is 1.13. The molecule has 30 heavy (non-hydrogen) atoms. The smallest absolute Gasteiger partial charge is 0.255 e. The predicted octanol–water partition coefficient (Wildman–Crippen LogP) is 4.37. The molecule has 0 atom stereocenters. The number of carbonyl (C=O) groups is 2. The van der Waals surface area contributed by atoms with E-state index >= 15 is 0 Å². The minimum atomic E-state index is -3.45. The zero-order chi connectivity index (χ0) is 21.6. The van der Waals surface area contributed by atoms with Crippen LogP contribution in [0.4, 0.5) is 11.4 Å². The van der Waals surface area contributed by atoms with E-state index in [2.05, 4.69) is 10.6 Å². The summed E-state index contributed by atoms with van der Waals surface area (Å²) in [5.74, 6) is -0.892. The zero-order valence-electron chi connectivity index (χ0n) is 16.4. The van der Waals surface area contributed by atoms with Crippen molar-refractivity contribution >= 4 is 44.4 Å². The Morgan fingerprint density at radius 3 is 2.33 bits per heavy atom. The van der Waals surface area contributed by atoms with Gasteiger partial charge in [-0.15, -0.1) is 11.3 Å². The highest BCUT2D eigenvalue weighted by Crippen LogP contribution is 2.19. The molecular weight excluding hydrogens is 420 g/mol. The van der Waals surface area contributed by atoms with Crippen molar-refractivity contribution < 1.29 is 18.0 Å². The van der Waals surface area contributed by atoms with E-state index in [-0.39, 0.29) is 22.3 Å². The number of thiophene rings is 1. The van der Waals surface area contributed by atoms with Crippen LogP contribution in [0.25, 0.3) is 0 Å². The van der Waals surface area contributed by atoms with Crippen molar-refractivity contribution in [3.8, 4) is 0 Å². The fourth-order valence-electron chi connectivity index (χ4n) is 2.84. The number of sulfone groups is 1. The first-order chi connectivity index (χ1) is 14.4. The first-order valence-electron chi connectivity index (χ1n) is 9.44. The highest BCUT2D eigenvalue weighted by Gasteiger charge is 2.17. The quantitative estimate of drug-likeness (QED) is 0.542. The van der Waals surface area contributed by atoms with Crippen LogP contribution in [0, 0.1) is 0 Å². The molecule has 0 aliphatic carbocycles. The summed E-state index contributed by atoms with van der Waals surface area (Å²) in [6.07, 6.45) is 0.667. The zero-order valence-corrected chi connectivity index (χ0v) is 18.1. The summed E-state index contributed by atoms with van der Waals surface area (Å²) in [6.45, 7) is 2.02. The molecule has 0 aliphatic heterocycles. The Balaban J connectivity index is 1.56. The van der Waals surface area contributed by atoms with Crippen LogP contribution in [0.5, 0.6) is 0 Å². The first kappa shape index (κ1) is 21.7. The van der Waals surface area contributed by atoms with Crippen LogP contribution in [0.15, 0.2) is 70.3 Å². The van der Waals surface area contributed by atoms with Crippen LogP contribution in [0.3, 0.4) is 0 Å².